The first-order valence-electron chi connectivity index (χ1n) is 12.5. The third-order valence-electron chi connectivity index (χ3n) is 6.37. The molecule has 2 aromatic heterocycles. The van der Waals surface area contributed by atoms with Gasteiger partial charge in [0.1, 0.15) is 17.0 Å². The minimum atomic E-state index is 0.0131. The molecule has 11 heteroatoms. The SMILES string of the molecule is CCCCN(CCO)c1nc(N)nc2cn(Cc3c(OC)cc(CN[C@@H]4CCOC4)cc3OC)nc12. The second kappa shape index (κ2) is 12.2. The van der Waals surface area contributed by atoms with Gasteiger partial charge in [0, 0.05) is 32.3 Å². The molecule has 0 bridgehead atoms. The van der Waals surface area contributed by atoms with E-state index in [1.54, 1.807) is 18.9 Å². The Labute approximate surface area is 211 Å². The van der Waals surface area contributed by atoms with Gasteiger partial charge in [-0.1, -0.05) is 13.3 Å². The van der Waals surface area contributed by atoms with Gasteiger partial charge in [-0.3, -0.25) is 4.68 Å². The number of benzene rings is 1. The number of fused-ring (bicyclic) bond motifs is 1. The van der Waals surface area contributed by atoms with Gasteiger partial charge in [-0.2, -0.15) is 10.1 Å². The Hall–Kier alpha value is -3.15. The van der Waals surface area contributed by atoms with Gasteiger partial charge in [-0.05, 0) is 30.5 Å². The predicted molar refractivity (Wildman–Crippen MR) is 139 cm³/mol. The van der Waals surface area contributed by atoms with E-state index in [1.165, 1.54) is 0 Å². The number of nitrogens with zero attached hydrogens (tertiary/aromatic N) is 5. The Balaban J connectivity index is 1.63. The Morgan fingerprint density at radius 3 is 2.64 bits per heavy atom. The van der Waals surface area contributed by atoms with E-state index in [1.807, 2.05) is 23.2 Å². The minimum Gasteiger partial charge on any atom is -0.496 e. The zero-order valence-electron chi connectivity index (χ0n) is 21.4. The molecule has 0 saturated carbocycles. The summed E-state index contributed by atoms with van der Waals surface area (Å²) in [4.78, 5) is 10.9. The second-order valence-electron chi connectivity index (χ2n) is 8.95. The summed E-state index contributed by atoms with van der Waals surface area (Å²) in [6.07, 6.45) is 4.86. The summed E-state index contributed by atoms with van der Waals surface area (Å²) in [6, 6.07) is 4.42. The number of nitrogen functional groups attached to an aromatic ring is 1. The normalized spacial score (nSPS) is 15.5. The number of nitrogens with one attached hydrogen (secondary N) is 1. The first-order valence-corrected chi connectivity index (χ1v) is 12.5. The summed E-state index contributed by atoms with van der Waals surface area (Å²) >= 11 is 0. The van der Waals surface area contributed by atoms with Gasteiger partial charge >= 0.3 is 0 Å². The molecule has 0 radical (unpaired) electrons. The van der Waals surface area contributed by atoms with Gasteiger partial charge in [-0.15, -0.1) is 0 Å². The fourth-order valence-electron chi connectivity index (χ4n) is 4.47. The van der Waals surface area contributed by atoms with Gasteiger partial charge in [-0.25, -0.2) is 4.98 Å². The van der Waals surface area contributed by atoms with E-state index in [2.05, 4.69) is 22.2 Å². The minimum absolute atomic E-state index is 0.0131. The number of methoxy groups -OCH3 is 2. The molecule has 1 aliphatic heterocycles. The van der Waals surface area contributed by atoms with Gasteiger partial charge < -0.3 is 35.3 Å². The van der Waals surface area contributed by atoms with Crippen LogP contribution in [0.2, 0.25) is 0 Å². The summed E-state index contributed by atoms with van der Waals surface area (Å²) in [6.45, 7) is 5.99. The summed E-state index contributed by atoms with van der Waals surface area (Å²) in [7, 11) is 3.31. The number of rotatable bonds is 13. The molecule has 11 nitrogen and oxygen atoms in total. The maximum atomic E-state index is 9.60. The van der Waals surface area contributed by atoms with E-state index in [0.717, 1.165) is 61.6 Å². The molecular weight excluding hydrogens is 462 g/mol. The Kier molecular flexibility index (Phi) is 8.79. The van der Waals surface area contributed by atoms with E-state index >= 15 is 0 Å². The topological polar surface area (TPSA) is 133 Å². The molecule has 0 unspecified atom stereocenters. The monoisotopic (exact) mass is 499 g/mol. The molecule has 36 heavy (non-hydrogen) atoms. The van der Waals surface area contributed by atoms with Crippen LogP contribution in [0.15, 0.2) is 18.3 Å². The van der Waals surface area contributed by atoms with E-state index < -0.39 is 0 Å². The van der Waals surface area contributed by atoms with Crippen molar-refractivity contribution in [3.8, 4) is 11.5 Å². The number of aliphatic hydroxyl groups is 1. The van der Waals surface area contributed by atoms with Crippen LogP contribution in [0.4, 0.5) is 11.8 Å². The number of aromatic nitrogens is 4. The maximum Gasteiger partial charge on any atom is 0.222 e. The van der Waals surface area contributed by atoms with Crippen molar-refractivity contribution in [2.75, 3.05) is 57.8 Å². The van der Waals surface area contributed by atoms with E-state index in [-0.39, 0.29) is 12.6 Å². The largest absolute Gasteiger partial charge is 0.496 e. The maximum absolute atomic E-state index is 9.60. The third-order valence-corrected chi connectivity index (χ3v) is 6.37. The van der Waals surface area contributed by atoms with Crippen molar-refractivity contribution in [3.63, 3.8) is 0 Å². The van der Waals surface area contributed by atoms with Crippen LogP contribution in [-0.2, 0) is 17.8 Å². The van der Waals surface area contributed by atoms with Gasteiger partial charge in [0.2, 0.25) is 5.95 Å². The lowest BCUT2D eigenvalue weighted by Gasteiger charge is -2.22. The zero-order valence-corrected chi connectivity index (χ0v) is 21.4. The summed E-state index contributed by atoms with van der Waals surface area (Å²) in [5.74, 6) is 2.26. The molecule has 1 fully saturated rings. The fourth-order valence-corrected chi connectivity index (χ4v) is 4.47. The molecule has 0 amide bonds. The predicted octanol–water partition coefficient (Wildman–Crippen LogP) is 1.95. The lowest BCUT2D eigenvalue weighted by molar-refractivity contribution is 0.190. The van der Waals surface area contributed by atoms with Crippen molar-refractivity contribution < 1.29 is 19.3 Å². The Morgan fingerprint density at radius 2 is 2.00 bits per heavy atom. The molecule has 1 aliphatic rings. The third kappa shape index (κ3) is 5.97. The summed E-state index contributed by atoms with van der Waals surface area (Å²) in [5, 5.41) is 17.9. The van der Waals surface area contributed by atoms with E-state index in [0.29, 0.717) is 42.5 Å². The van der Waals surface area contributed by atoms with Crippen LogP contribution in [0.1, 0.15) is 37.3 Å². The Bertz CT molecular complexity index is 1120. The highest BCUT2D eigenvalue weighted by atomic mass is 16.5. The lowest BCUT2D eigenvalue weighted by Crippen LogP contribution is -2.29. The zero-order chi connectivity index (χ0) is 25.5. The number of nitrogens with two attached hydrogens (primary N) is 1. The first-order chi connectivity index (χ1) is 17.6. The van der Waals surface area contributed by atoms with Crippen LogP contribution in [0.3, 0.4) is 0 Å². The van der Waals surface area contributed by atoms with Crippen LogP contribution < -0.4 is 25.4 Å². The number of aliphatic hydroxyl groups excluding tert-OH is 1. The van der Waals surface area contributed by atoms with Crippen molar-refractivity contribution in [1.82, 2.24) is 25.1 Å². The summed E-state index contributed by atoms with van der Waals surface area (Å²) in [5.41, 5.74) is 9.27. The molecule has 196 valence electrons. The number of hydrogen-bond donors (Lipinski definition) is 3. The number of ether oxygens (including phenoxy) is 3. The fraction of sp³-hybridized carbons (Fsp3) is 0.560. The second-order valence-corrected chi connectivity index (χ2v) is 8.95. The quantitative estimate of drug-likeness (QED) is 0.320. The summed E-state index contributed by atoms with van der Waals surface area (Å²) < 4.78 is 18.7. The van der Waals surface area contributed by atoms with E-state index in [9.17, 15) is 5.11 Å². The van der Waals surface area contributed by atoms with Crippen LogP contribution in [0.25, 0.3) is 11.0 Å². The standard InChI is InChI=1S/C25H37N7O4/c1-4-5-7-31(8-9-33)24-23-20(28-25(26)29-24)15-32(30-23)14-19-21(34-2)11-17(12-22(19)35-3)13-27-18-6-10-36-16-18/h11-12,15,18,27,33H,4-10,13-14,16H2,1-3H3,(H2,26,28)/t18-/m1/s1. The molecule has 0 aliphatic carbocycles. The highest BCUT2D eigenvalue weighted by molar-refractivity contribution is 5.86. The average molecular weight is 500 g/mol. The first kappa shape index (κ1) is 25.9. The van der Waals surface area contributed by atoms with Gasteiger partial charge in [0.15, 0.2) is 11.3 Å². The highest BCUT2D eigenvalue weighted by Crippen LogP contribution is 2.32. The van der Waals surface area contributed by atoms with Crippen molar-refractivity contribution >= 4 is 22.8 Å². The van der Waals surface area contributed by atoms with Crippen molar-refractivity contribution in [2.24, 2.45) is 0 Å². The van der Waals surface area contributed by atoms with Crippen LogP contribution >= 0.6 is 0 Å². The Morgan fingerprint density at radius 1 is 1.22 bits per heavy atom. The smallest absolute Gasteiger partial charge is 0.222 e. The van der Waals surface area contributed by atoms with Crippen LogP contribution in [-0.4, -0.2) is 78.0 Å². The molecule has 3 heterocycles. The molecule has 1 aromatic carbocycles. The number of anilines is 2. The molecule has 1 saturated heterocycles. The lowest BCUT2D eigenvalue weighted by atomic mass is 10.1. The van der Waals surface area contributed by atoms with Gasteiger partial charge in [0.05, 0.1) is 45.7 Å². The molecule has 3 aromatic rings. The number of unbranched alkanes of at least 4 members (excludes halogenated alkanes) is 1. The van der Waals surface area contributed by atoms with Crippen LogP contribution in [0.5, 0.6) is 11.5 Å². The average Bonchev–Trinajstić information content (AvgIpc) is 3.55. The van der Waals surface area contributed by atoms with Crippen molar-refractivity contribution in [2.45, 2.75) is 45.3 Å². The molecule has 1 atom stereocenters. The van der Waals surface area contributed by atoms with Crippen molar-refractivity contribution in [3.05, 3.63) is 29.5 Å². The molecule has 4 N–H and O–H groups in total. The number of hydrogen-bond acceptors (Lipinski definition) is 10. The van der Waals surface area contributed by atoms with Crippen LogP contribution in [0, 0.1) is 0 Å². The van der Waals surface area contributed by atoms with Gasteiger partial charge in [0.25, 0.3) is 0 Å². The van der Waals surface area contributed by atoms with Crippen molar-refractivity contribution in [1.29, 1.82) is 0 Å². The van der Waals surface area contributed by atoms with E-state index in [4.69, 9.17) is 25.0 Å². The molecule has 0 spiro atoms. The highest BCUT2D eigenvalue weighted by Gasteiger charge is 2.20. The molecule has 4 rings (SSSR count). The molecular formula is C25H37N7O4.